The molecule has 3 N–H and O–H groups in total. The fourth-order valence-electron chi connectivity index (χ4n) is 3.39. The second-order valence-electron chi connectivity index (χ2n) is 7.50. The Kier molecular flexibility index (Phi) is 7.29. The lowest BCUT2D eigenvalue weighted by Crippen LogP contribution is -2.24. The highest BCUT2D eigenvalue weighted by Gasteiger charge is 2.16. The first-order valence-electron chi connectivity index (χ1n) is 10.7. The third-order valence-corrected chi connectivity index (χ3v) is 5.96. The predicted molar refractivity (Wildman–Crippen MR) is 125 cm³/mol. The third kappa shape index (κ3) is 5.47. The number of anilines is 1. The van der Waals surface area contributed by atoms with Gasteiger partial charge < -0.3 is 15.6 Å². The molecule has 4 rings (SSSR count). The number of benzene rings is 1. The molecule has 174 valence electrons. The van der Waals surface area contributed by atoms with Crippen LogP contribution in [0.5, 0.6) is 0 Å². The van der Waals surface area contributed by atoms with E-state index >= 15 is 0 Å². The first-order chi connectivity index (χ1) is 16.5. The largest absolute Gasteiger partial charge is 0.382 e. The van der Waals surface area contributed by atoms with Crippen LogP contribution in [0.4, 0.5) is 10.2 Å². The van der Waals surface area contributed by atoms with Crippen molar-refractivity contribution >= 4 is 23.1 Å². The number of halogens is 1. The Morgan fingerprint density at radius 3 is 2.79 bits per heavy atom. The average Bonchev–Trinajstić information content (AvgIpc) is 3.58. The van der Waals surface area contributed by atoms with Gasteiger partial charge in [0.15, 0.2) is 0 Å². The molecular formula is C23H22FN7O2S. The molecule has 0 unspecified atom stereocenters. The monoisotopic (exact) mass is 479 g/mol. The molecule has 0 fully saturated rings. The van der Waals surface area contributed by atoms with Crippen molar-refractivity contribution in [1.29, 1.82) is 5.26 Å². The lowest BCUT2D eigenvalue weighted by atomic mass is 10.1. The standard InChI is InChI=1S/C23H22FN7O2S/c24-15-8-10-16(11-9-15)31-22(26)17(14-25)18(29-31)4-2-12-27-20(32)6-1-7-21-28-23(30-33-21)19-5-3-13-34-19/h3,5,8-11,13H,1-2,4,6-7,12,26H2,(H,27,32). The van der Waals surface area contributed by atoms with Crippen LogP contribution in [-0.4, -0.2) is 32.4 Å². The van der Waals surface area contributed by atoms with E-state index in [1.165, 1.54) is 28.2 Å². The van der Waals surface area contributed by atoms with Gasteiger partial charge in [-0.25, -0.2) is 9.07 Å². The van der Waals surface area contributed by atoms with Gasteiger partial charge in [0.1, 0.15) is 23.3 Å². The maximum absolute atomic E-state index is 13.2. The predicted octanol–water partition coefficient (Wildman–Crippen LogP) is 3.65. The molecule has 0 atom stereocenters. The summed E-state index contributed by atoms with van der Waals surface area (Å²) in [5, 5.41) is 22.7. The van der Waals surface area contributed by atoms with E-state index in [0.717, 1.165) is 4.88 Å². The first kappa shape index (κ1) is 23.1. The number of nitrogens with zero attached hydrogens (tertiary/aromatic N) is 5. The van der Waals surface area contributed by atoms with Gasteiger partial charge in [-0.05, 0) is 55.0 Å². The molecule has 4 aromatic rings. The Bertz CT molecular complexity index is 1290. The summed E-state index contributed by atoms with van der Waals surface area (Å²) in [5.74, 6) is 0.834. The smallest absolute Gasteiger partial charge is 0.226 e. The number of carbonyl (C=O) groups is 1. The van der Waals surface area contributed by atoms with Crippen molar-refractivity contribution in [3.8, 4) is 22.5 Å². The highest BCUT2D eigenvalue weighted by Crippen LogP contribution is 2.22. The van der Waals surface area contributed by atoms with Gasteiger partial charge in [0, 0.05) is 19.4 Å². The van der Waals surface area contributed by atoms with E-state index in [4.69, 9.17) is 10.3 Å². The summed E-state index contributed by atoms with van der Waals surface area (Å²) in [6.07, 6.45) is 2.52. The summed E-state index contributed by atoms with van der Waals surface area (Å²) in [5.41, 5.74) is 7.46. The van der Waals surface area contributed by atoms with Crippen LogP contribution >= 0.6 is 11.3 Å². The van der Waals surface area contributed by atoms with Crippen LogP contribution in [0.3, 0.4) is 0 Å². The number of carbonyl (C=O) groups excluding carboxylic acids is 1. The van der Waals surface area contributed by atoms with Crippen molar-refractivity contribution < 1.29 is 13.7 Å². The summed E-state index contributed by atoms with van der Waals surface area (Å²) in [6, 6.07) is 11.6. The highest BCUT2D eigenvalue weighted by atomic mass is 32.1. The number of aromatic nitrogens is 4. The molecule has 0 saturated carbocycles. The van der Waals surface area contributed by atoms with Crippen molar-refractivity contribution in [2.45, 2.75) is 32.1 Å². The summed E-state index contributed by atoms with van der Waals surface area (Å²) in [4.78, 5) is 17.4. The summed E-state index contributed by atoms with van der Waals surface area (Å²) in [7, 11) is 0. The maximum atomic E-state index is 13.2. The van der Waals surface area contributed by atoms with Crippen LogP contribution in [0, 0.1) is 17.1 Å². The Labute approximate surface area is 199 Å². The molecule has 9 nitrogen and oxygen atoms in total. The topological polar surface area (TPSA) is 136 Å². The Balaban J connectivity index is 1.21. The van der Waals surface area contributed by atoms with Gasteiger partial charge in [0.05, 0.1) is 16.3 Å². The maximum Gasteiger partial charge on any atom is 0.226 e. The van der Waals surface area contributed by atoms with Gasteiger partial charge in [-0.2, -0.15) is 15.3 Å². The number of nitrogens with one attached hydrogen (secondary N) is 1. The quantitative estimate of drug-likeness (QED) is 0.331. The minimum atomic E-state index is -0.369. The van der Waals surface area contributed by atoms with E-state index in [1.807, 2.05) is 17.5 Å². The van der Waals surface area contributed by atoms with Gasteiger partial charge in [-0.1, -0.05) is 11.2 Å². The highest BCUT2D eigenvalue weighted by molar-refractivity contribution is 7.13. The van der Waals surface area contributed by atoms with E-state index in [0.29, 0.717) is 61.7 Å². The molecule has 34 heavy (non-hydrogen) atoms. The Morgan fingerprint density at radius 2 is 2.06 bits per heavy atom. The fraction of sp³-hybridized carbons (Fsp3) is 0.261. The fourth-order valence-corrected chi connectivity index (χ4v) is 4.04. The van der Waals surface area contributed by atoms with Crippen molar-refractivity contribution in [2.24, 2.45) is 0 Å². The molecule has 1 aromatic carbocycles. The van der Waals surface area contributed by atoms with Crippen molar-refractivity contribution in [1.82, 2.24) is 25.2 Å². The molecule has 0 radical (unpaired) electrons. The van der Waals surface area contributed by atoms with E-state index in [1.54, 1.807) is 12.1 Å². The lowest BCUT2D eigenvalue weighted by Gasteiger charge is -2.04. The molecule has 1 amide bonds. The lowest BCUT2D eigenvalue weighted by molar-refractivity contribution is -0.121. The van der Waals surface area contributed by atoms with Crippen molar-refractivity contribution in [3.63, 3.8) is 0 Å². The average molecular weight is 480 g/mol. The second kappa shape index (κ2) is 10.7. The molecule has 0 aliphatic carbocycles. The van der Waals surface area contributed by atoms with Gasteiger partial charge >= 0.3 is 0 Å². The Hall–Kier alpha value is -4.04. The number of hydrogen-bond donors (Lipinski definition) is 2. The molecule has 0 bridgehead atoms. The van der Waals surface area contributed by atoms with Gasteiger partial charge in [-0.3, -0.25) is 4.79 Å². The van der Waals surface area contributed by atoms with E-state index in [9.17, 15) is 14.4 Å². The summed E-state index contributed by atoms with van der Waals surface area (Å²) >= 11 is 1.54. The van der Waals surface area contributed by atoms with Crippen LogP contribution < -0.4 is 11.1 Å². The van der Waals surface area contributed by atoms with Crippen LogP contribution in [0.1, 0.15) is 36.4 Å². The van der Waals surface area contributed by atoms with E-state index in [-0.39, 0.29) is 23.1 Å². The van der Waals surface area contributed by atoms with Crippen LogP contribution in [-0.2, 0) is 17.6 Å². The number of hydrogen-bond acceptors (Lipinski definition) is 8. The number of nitrogens with two attached hydrogens (primary N) is 1. The van der Waals surface area contributed by atoms with Crippen LogP contribution in [0.25, 0.3) is 16.4 Å². The van der Waals surface area contributed by atoms with Crippen molar-refractivity contribution in [3.05, 3.63) is 64.7 Å². The zero-order chi connectivity index (χ0) is 23.9. The summed E-state index contributed by atoms with van der Waals surface area (Å²) in [6.45, 7) is 0.441. The van der Waals surface area contributed by atoms with E-state index < -0.39 is 0 Å². The minimum Gasteiger partial charge on any atom is -0.382 e. The second-order valence-corrected chi connectivity index (χ2v) is 8.45. The first-order valence-corrected chi connectivity index (χ1v) is 11.6. The number of aryl methyl sites for hydroxylation is 2. The minimum absolute atomic E-state index is 0.0742. The molecule has 0 aliphatic rings. The van der Waals surface area contributed by atoms with Crippen LogP contribution in [0.2, 0.25) is 0 Å². The normalized spacial score (nSPS) is 10.8. The molecule has 0 spiro atoms. The number of rotatable bonds is 10. The van der Waals surface area contributed by atoms with E-state index in [2.05, 4.69) is 26.6 Å². The molecule has 0 saturated heterocycles. The third-order valence-electron chi connectivity index (χ3n) is 5.09. The van der Waals surface area contributed by atoms with Crippen molar-refractivity contribution in [2.75, 3.05) is 12.3 Å². The zero-order valence-corrected chi connectivity index (χ0v) is 19.0. The van der Waals surface area contributed by atoms with Gasteiger partial charge in [0.2, 0.25) is 17.6 Å². The molecule has 3 heterocycles. The molecule has 3 aromatic heterocycles. The number of amides is 1. The Morgan fingerprint density at radius 1 is 1.24 bits per heavy atom. The van der Waals surface area contributed by atoms with Gasteiger partial charge in [-0.15, -0.1) is 11.3 Å². The van der Waals surface area contributed by atoms with Gasteiger partial charge in [0.25, 0.3) is 0 Å². The number of nitrogen functional groups attached to an aromatic ring is 1. The molecule has 0 aliphatic heterocycles. The number of nitriles is 1. The number of thiophene rings is 1. The SMILES string of the molecule is N#Cc1c(CCCNC(=O)CCCc2nc(-c3cccs3)no2)nn(-c2ccc(F)cc2)c1N. The molecular weight excluding hydrogens is 457 g/mol. The van der Waals surface area contributed by atoms with Crippen LogP contribution in [0.15, 0.2) is 46.3 Å². The molecule has 11 heteroatoms. The zero-order valence-electron chi connectivity index (χ0n) is 18.2. The summed E-state index contributed by atoms with van der Waals surface area (Å²) < 4.78 is 19.8.